The number of carbonyl (C=O) groups excluding carboxylic acids is 2. The van der Waals surface area contributed by atoms with Crippen molar-refractivity contribution in [1.82, 2.24) is 15.3 Å². The van der Waals surface area contributed by atoms with Crippen LogP contribution in [-0.2, 0) is 25.8 Å². The first-order valence-electron chi connectivity index (χ1n) is 12.7. The Hall–Kier alpha value is -4.13. The summed E-state index contributed by atoms with van der Waals surface area (Å²) in [6, 6.07) is 14.9. The van der Waals surface area contributed by atoms with Gasteiger partial charge in [-0.05, 0) is 67.4 Å². The molecule has 4 aromatic rings. The van der Waals surface area contributed by atoms with E-state index < -0.39 is 15.7 Å². The van der Waals surface area contributed by atoms with Crippen molar-refractivity contribution >= 4 is 38.1 Å². The summed E-state index contributed by atoms with van der Waals surface area (Å²) in [5, 5.41) is 7.70. The van der Waals surface area contributed by atoms with E-state index in [1.165, 1.54) is 23.5 Å². The van der Waals surface area contributed by atoms with Crippen molar-refractivity contribution in [2.75, 3.05) is 31.8 Å². The lowest BCUT2D eigenvalue weighted by atomic mass is 10.0. The molecule has 0 atom stereocenters. The SMILES string of the molecule is COCCCNC(=O)Cc1csc(NC(=O)c2cc(Oc3ccc(S(C)(=O)=O)cc3)cc(-c3ncccc3C)c2)n1. The number of hydrogen-bond acceptors (Lipinski definition) is 9. The number of nitrogens with zero attached hydrogens (tertiary/aromatic N) is 2. The highest BCUT2D eigenvalue weighted by molar-refractivity contribution is 7.90. The molecule has 12 heteroatoms. The van der Waals surface area contributed by atoms with Gasteiger partial charge in [-0.15, -0.1) is 11.3 Å². The molecule has 0 unspecified atom stereocenters. The highest BCUT2D eigenvalue weighted by Crippen LogP contribution is 2.31. The van der Waals surface area contributed by atoms with Crippen LogP contribution >= 0.6 is 11.3 Å². The van der Waals surface area contributed by atoms with Gasteiger partial charge in [0.25, 0.3) is 5.91 Å². The number of rotatable bonds is 12. The summed E-state index contributed by atoms with van der Waals surface area (Å²) in [4.78, 5) is 34.5. The van der Waals surface area contributed by atoms with Crippen molar-refractivity contribution < 1.29 is 27.5 Å². The van der Waals surface area contributed by atoms with E-state index in [0.717, 1.165) is 18.2 Å². The number of methoxy groups -OCH3 is 1. The van der Waals surface area contributed by atoms with Crippen LogP contribution < -0.4 is 15.4 Å². The Morgan fingerprint density at radius 1 is 1.05 bits per heavy atom. The molecule has 2 amide bonds. The number of aryl methyl sites for hydroxylation is 1. The third-order valence-corrected chi connectivity index (χ3v) is 7.84. The van der Waals surface area contributed by atoms with E-state index in [9.17, 15) is 18.0 Å². The fourth-order valence-electron chi connectivity index (χ4n) is 3.89. The summed E-state index contributed by atoms with van der Waals surface area (Å²) in [6.45, 7) is 3.00. The van der Waals surface area contributed by atoms with E-state index in [2.05, 4.69) is 20.6 Å². The number of hydrogen-bond donors (Lipinski definition) is 2. The maximum absolute atomic E-state index is 13.3. The Morgan fingerprint density at radius 3 is 2.54 bits per heavy atom. The zero-order valence-corrected chi connectivity index (χ0v) is 24.5. The summed E-state index contributed by atoms with van der Waals surface area (Å²) in [5.74, 6) is 0.204. The third kappa shape index (κ3) is 8.43. The number of anilines is 1. The molecule has 0 aliphatic rings. The van der Waals surface area contributed by atoms with Gasteiger partial charge in [-0.1, -0.05) is 6.07 Å². The molecule has 0 bridgehead atoms. The maximum atomic E-state index is 13.3. The smallest absolute Gasteiger partial charge is 0.257 e. The van der Waals surface area contributed by atoms with Crippen LogP contribution in [0.3, 0.4) is 0 Å². The van der Waals surface area contributed by atoms with Crippen molar-refractivity contribution in [3.63, 3.8) is 0 Å². The predicted octanol–water partition coefficient (Wildman–Crippen LogP) is 4.66. The third-order valence-electron chi connectivity index (χ3n) is 5.90. The number of thiazole rings is 1. The quantitative estimate of drug-likeness (QED) is 0.226. The topological polar surface area (TPSA) is 137 Å². The fourth-order valence-corrected chi connectivity index (χ4v) is 5.23. The van der Waals surface area contributed by atoms with Gasteiger partial charge in [0.15, 0.2) is 15.0 Å². The standard InChI is InChI=1S/C29H30N4O6S2/c1-19-6-4-11-31-27(19)20-14-21(16-24(15-20)39-23-7-9-25(10-8-23)41(3,36)37)28(35)33-29-32-22(18-40-29)17-26(34)30-12-5-13-38-2/h4,6-11,14-16,18H,5,12-13,17H2,1-3H3,(H,30,34)(H,32,33,35). The number of benzene rings is 2. The molecule has 0 saturated heterocycles. The van der Waals surface area contributed by atoms with Gasteiger partial charge in [-0.3, -0.25) is 19.9 Å². The maximum Gasteiger partial charge on any atom is 0.257 e. The van der Waals surface area contributed by atoms with E-state index in [4.69, 9.17) is 9.47 Å². The summed E-state index contributed by atoms with van der Waals surface area (Å²) in [5.41, 5.74) is 3.13. The minimum Gasteiger partial charge on any atom is -0.457 e. The Morgan fingerprint density at radius 2 is 1.83 bits per heavy atom. The van der Waals surface area contributed by atoms with Crippen LogP contribution in [-0.4, -0.2) is 56.7 Å². The normalized spacial score (nSPS) is 11.2. The Labute approximate surface area is 242 Å². The molecule has 214 valence electrons. The number of carbonyl (C=O) groups is 2. The molecule has 2 aromatic carbocycles. The number of pyridine rings is 1. The van der Waals surface area contributed by atoms with Gasteiger partial charge in [-0.2, -0.15) is 0 Å². The largest absolute Gasteiger partial charge is 0.457 e. The van der Waals surface area contributed by atoms with Gasteiger partial charge in [0.2, 0.25) is 5.91 Å². The Balaban J connectivity index is 1.54. The number of nitrogens with one attached hydrogen (secondary N) is 2. The molecule has 4 rings (SSSR count). The number of aromatic nitrogens is 2. The van der Waals surface area contributed by atoms with Crippen LogP contribution in [0.5, 0.6) is 11.5 Å². The van der Waals surface area contributed by atoms with E-state index in [0.29, 0.717) is 52.3 Å². The first-order chi connectivity index (χ1) is 19.6. The predicted molar refractivity (Wildman–Crippen MR) is 157 cm³/mol. The molecule has 0 saturated carbocycles. The van der Waals surface area contributed by atoms with E-state index in [1.807, 2.05) is 19.1 Å². The van der Waals surface area contributed by atoms with Gasteiger partial charge >= 0.3 is 0 Å². The van der Waals surface area contributed by atoms with Gasteiger partial charge < -0.3 is 14.8 Å². The van der Waals surface area contributed by atoms with Crippen LogP contribution in [0.2, 0.25) is 0 Å². The van der Waals surface area contributed by atoms with Crippen LogP contribution in [0.1, 0.15) is 28.0 Å². The van der Waals surface area contributed by atoms with Crippen molar-refractivity contribution in [3.05, 3.63) is 83.0 Å². The number of amides is 2. The molecule has 10 nitrogen and oxygen atoms in total. The van der Waals surface area contributed by atoms with Crippen LogP contribution in [0.15, 0.2) is 71.1 Å². The average molecular weight is 595 g/mol. The molecule has 0 aliphatic heterocycles. The minimum atomic E-state index is -3.35. The van der Waals surface area contributed by atoms with Gasteiger partial charge in [0.1, 0.15) is 11.5 Å². The monoisotopic (exact) mass is 594 g/mol. The number of sulfone groups is 1. The fraction of sp³-hybridized carbons (Fsp3) is 0.241. The molecule has 0 spiro atoms. The zero-order chi connectivity index (χ0) is 29.4. The van der Waals surface area contributed by atoms with E-state index in [-0.39, 0.29) is 17.2 Å². The van der Waals surface area contributed by atoms with Crippen molar-refractivity contribution in [1.29, 1.82) is 0 Å². The molecule has 2 heterocycles. The second-order valence-electron chi connectivity index (χ2n) is 9.23. The molecular formula is C29H30N4O6S2. The molecule has 2 N–H and O–H groups in total. The highest BCUT2D eigenvalue weighted by Gasteiger charge is 2.16. The van der Waals surface area contributed by atoms with E-state index in [1.54, 1.807) is 49.0 Å². The lowest BCUT2D eigenvalue weighted by Gasteiger charge is -2.12. The van der Waals surface area contributed by atoms with Gasteiger partial charge in [0, 0.05) is 49.2 Å². The molecule has 41 heavy (non-hydrogen) atoms. The van der Waals surface area contributed by atoms with Crippen molar-refractivity contribution in [3.8, 4) is 22.8 Å². The average Bonchev–Trinajstić information content (AvgIpc) is 3.37. The first-order valence-corrected chi connectivity index (χ1v) is 15.5. The molecule has 0 radical (unpaired) electrons. The Kier molecular flexibility index (Phi) is 9.82. The van der Waals surface area contributed by atoms with Crippen molar-refractivity contribution in [2.24, 2.45) is 0 Å². The molecular weight excluding hydrogens is 564 g/mol. The lowest BCUT2D eigenvalue weighted by molar-refractivity contribution is -0.120. The highest BCUT2D eigenvalue weighted by atomic mass is 32.2. The summed E-state index contributed by atoms with van der Waals surface area (Å²) in [7, 11) is -1.74. The van der Waals surface area contributed by atoms with Crippen LogP contribution in [0.25, 0.3) is 11.3 Å². The van der Waals surface area contributed by atoms with Crippen LogP contribution in [0.4, 0.5) is 5.13 Å². The molecule has 0 aliphatic carbocycles. The Bertz CT molecular complexity index is 1640. The van der Waals surface area contributed by atoms with E-state index >= 15 is 0 Å². The first kappa shape index (κ1) is 29.8. The van der Waals surface area contributed by atoms with Gasteiger partial charge in [0.05, 0.1) is 22.7 Å². The zero-order valence-electron chi connectivity index (χ0n) is 22.8. The van der Waals surface area contributed by atoms with Gasteiger partial charge in [-0.25, -0.2) is 13.4 Å². The lowest BCUT2D eigenvalue weighted by Crippen LogP contribution is -2.26. The molecule has 2 aromatic heterocycles. The summed E-state index contributed by atoms with van der Waals surface area (Å²) in [6.07, 6.45) is 3.63. The summed E-state index contributed by atoms with van der Waals surface area (Å²) < 4.78 is 34.6. The molecule has 0 fully saturated rings. The second-order valence-corrected chi connectivity index (χ2v) is 12.1. The minimum absolute atomic E-state index is 0.101. The second kappa shape index (κ2) is 13.5. The number of ether oxygens (including phenoxy) is 2. The van der Waals surface area contributed by atoms with Crippen LogP contribution in [0, 0.1) is 6.92 Å². The summed E-state index contributed by atoms with van der Waals surface area (Å²) >= 11 is 1.22. The van der Waals surface area contributed by atoms with Crippen molar-refractivity contribution in [2.45, 2.75) is 24.7 Å².